The highest BCUT2D eigenvalue weighted by Crippen LogP contribution is 2.12. The minimum absolute atomic E-state index is 0.0253. The molecular weight excluding hydrogens is 252 g/mol. The van der Waals surface area contributed by atoms with Crippen LogP contribution in [0, 0.1) is 12.8 Å². The van der Waals surface area contributed by atoms with E-state index in [1.54, 1.807) is 7.05 Å². The fourth-order valence-corrected chi connectivity index (χ4v) is 2.67. The normalized spacial score (nSPS) is 21.4. The predicted octanol–water partition coefficient (Wildman–Crippen LogP) is 0.500. The molecule has 0 radical (unpaired) electrons. The number of rotatable bonds is 3. The average molecular weight is 276 g/mol. The number of amides is 1. The molecule has 1 aromatic heterocycles. The number of aromatic nitrogens is 1. The fraction of sp³-hybridized carbons (Fsp3) is 0.600. The molecule has 1 aliphatic rings. The van der Waals surface area contributed by atoms with Gasteiger partial charge in [0.05, 0.1) is 11.6 Å². The lowest BCUT2D eigenvalue weighted by Gasteiger charge is -2.22. The molecule has 1 saturated heterocycles. The van der Waals surface area contributed by atoms with Gasteiger partial charge >= 0.3 is 0 Å². The summed E-state index contributed by atoms with van der Waals surface area (Å²) in [5.41, 5.74) is 2.11. The third kappa shape index (κ3) is 4.02. The second-order valence-corrected chi connectivity index (χ2v) is 5.58. The zero-order chi connectivity index (χ0) is 14.5. The van der Waals surface area contributed by atoms with Crippen LogP contribution >= 0.6 is 0 Å². The molecule has 110 valence electrons. The molecule has 0 saturated carbocycles. The van der Waals surface area contributed by atoms with Crippen LogP contribution in [0.5, 0.6) is 0 Å². The Kier molecular flexibility index (Phi) is 5.09. The zero-order valence-corrected chi connectivity index (χ0v) is 12.6. The fourth-order valence-electron chi connectivity index (χ4n) is 2.67. The highest BCUT2D eigenvalue weighted by Gasteiger charge is 2.25. The summed E-state index contributed by atoms with van der Waals surface area (Å²) in [4.78, 5) is 21.0. The highest BCUT2D eigenvalue weighted by molar-refractivity contribution is 5.78. The third-order valence-electron chi connectivity index (χ3n) is 3.76. The van der Waals surface area contributed by atoms with Crippen molar-refractivity contribution < 1.29 is 4.79 Å². The first-order valence-corrected chi connectivity index (χ1v) is 7.13. The molecule has 0 aromatic carbocycles. The molecule has 2 rings (SSSR count). The van der Waals surface area contributed by atoms with Crippen molar-refractivity contribution in [2.24, 2.45) is 5.92 Å². The maximum absolute atomic E-state index is 11.9. The van der Waals surface area contributed by atoms with Gasteiger partial charge in [0.25, 0.3) is 0 Å². The number of hydrogen-bond acceptors (Lipinski definition) is 4. The number of carbonyl (C=O) groups is 1. The van der Waals surface area contributed by atoms with Gasteiger partial charge in [-0.1, -0.05) is 6.07 Å². The summed E-state index contributed by atoms with van der Waals surface area (Å²) >= 11 is 0. The van der Waals surface area contributed by atoms with Gasteiger partial charge in [-0.05, 0) is 26.1 Å². The molecule has 5 nitrogen and oxygen atoms in total. The number of likely N-dealkylation sites (N-methyl/N-ethyl adjacent to an activating group) is 1. The summed E-state index contributed by atoms with van der Waals surface area (Å²) in [6.07, 6.45) is 0. The summed E-state index contributed by atoms with van der Waals surface area (Å²) in [5.74, 6) is 0.151. The quantitative estimate of drug-likeness (QED) is 0.873. The number of pyridine rings is 1. The first-order chi connectivity index (χ1) is 9.58. The Morgan fingerprint density at radius 2 is 2.20 bits per heavy atom. The standard InChI is InChI=1S/C15H24N4O/c1-12-5-4-6-14(17-12)11-19-8-7-18(3)9-13(10-19)15(20)16-2/h4-6,13H,7-11H2,1-3H3,(H,16,20)/t13-/m0/s1. The first kappa shape index (κ1) is 14.9. The third-order valence-corrected chi connectivity index (χ3v) is 3.76. The second-order valence-electron chi connectivity index (χ2n) is 5.58. The van der Waals surface area contributed by atoms with E-state index >= 15 is 0 Å². The van der Waals surface area contributed by atoms with E-state index in [1.165, 1.54) is 0 Å². The minimum Gasteiger partial charge on any atom is -0.359 e. The van der Waals surface area contributed by atoms with Crippen LogP contribution in [-0.4, -0.2) is 61.0 Å². The van der Waals surface area contributed by atoms with Crippen LogP contribution in [0.1, 0.15) is 11.4 Å². The van der Waals surface area contributed by atoms with Crippen LogP contribution in [0.15, 0.2) is 18.2 Å². The van der Waals surface area contributed by atoms with Crippen LogP contribution in [0.3, 0.4) is 0 Å². The summed E-state index contributed by atoms with van der Waals surface area (Å²) in [5, 5.41) is 2.77. The van der Waals surface area contributed by atoms with E-state index < -0.39 is 0 Å². The van der Waals surface area contributed by atoms with Gasteiger partial charge in [-0.3, -0.25) is 14.7 Å². The Morgan fingerprint density at radius 3 is 2.90 bits per heavy atom. The number of hydrogen-bond donors (Lipinski definition) is 1. The lowest BCUT2D eigenvalue weighted by molar-refractivity contribution is -0.125. The van der Waals surface area contributed by atoms with Crippen molar-refractivity contribution in [2.45, 2.75) is 13.5 Å². The molecule has 0 spiro atoms. The van der Waals surface area contributed by atoms with Crippen molar-refractivity contribution in [1.82, 2.24) is 20.1 Å². The molecule has 5 heteroatoms. The van der Waals surface area contributed by atoms with Crippen LogP contribution < -0.4 is 5.32 Å². The van der Waals surface area contributed by atoms with Crippen molar-refractivity contribution in [3.8, 4) is 0 Å². The van der Waals surface area contributed by atoms with E-state index in [9.17, 15) is 4.79 Å². The lowest BCUT2D eigenvalue weighted by atomic mass is 10.1. The van der Waals surface area contributed by atoms with Crippen molar-refractivity contribution in [3.63, 3.8) is 0 Å². The van der Waals surface area contributed by atoms with Crippen LogP contribution in [0.2, 0.25) is 0 Å². The lowest BCUT2D eigenvalue weighted by Crippen LogP contribution is -2.39. The smallest absolute Gasteiger partial charge is 0.225 e. The van der Waals surface area contributed by atoms with Gasteiger partial charge in [0, 0.05) is 45.5 Å². The van der Waals surface area contributed by atoms with Crippen molar-refractivity contribution in [3.05, 3.63) is 29.6 Å². The summed E-state index contributed by atoms with van der Waals surface area (Å²) < 4.78 is 0. The van der Waals surface area contributed by atoms with Gasteiger partial charge in [0.1, 0.15) is 0 Å². The molecule has 1 aliphatic heterocycles. The van der Waals surface area contributed by atoms with Gasteiger partial charge in [-0.15, -0.1) is 0 Å². The van der Waals surface area contributed by atoms with Crippen LogP contribution in [0.25, 0.3) is 0 Å². The molecule has 1 fully saturated rings. The van der Waals surface area contributed by atoms with Crippen LogP contribution in [-0.2, 0) is 11.3 Å². The topological polar surface area (TPSA) is 48.5 Å². The molecule has 1 atom stereocenters. The number of aryl methyl sites for hydroxylation is 1. The largest absolute Gasteiger partial charge is 0.359 e. The van der Waals surface area contributed by atoms with Crippen molar-refractivity contribution in [1.29, 1.82) is 0 Å². The molecule has 1 amide bonds. The Balaban J connectivity index is 2.04. The Morgan fingerprint density at radius 1 is 1.40 bits per heavy atom. The first-order valence-electron chi connectivity index (χ1n) is 7.13. The summed E-state index contributed by atoms with van der Waals surface area (Å²) in [6, 6.07) is 6.10. The zero-order valence-electron chi connectivity index (χ0n) is 12.6. The van der Waals surface area contributed by atoms with E-state index in [1.807, 2.05) is 19.1 Å². The average Bonchev–Trinajstić information content (AvgIpc) is 2.60. The Bertz CT molecular complexity index is 463. The van der Waals surface area contributed by atoms with Crippen molar-refractivity contribution >= 4 is 5.91 Å². The molecule has 2 heterocycles. The highest BCUT2D eigenvalue weighted by atomic mass is 16.1. The van der Waals surface area contributed by atoms with Gasteiger partial charge in [0.15, 0.2) is 0 Å². The SMILES string of the molecule is CNC(=O)[C@H]1CN(C)CCN(Cc2cccc(C)n2)C1. The molecule has 1 aromatic rings. The molecular formula is C15H24N4O. The van der Waals surface area contributed by atoms with E-state index in [0.29, 0.717) is 0 Å². The number of carbonyl (C=O) groups excluding carboxylic acids is 1. The van der Waals surface area contributed by atoms with Crippen LogP contribution in [0.4, 0.5) is 0 Å². The predicted molar refractivity (Wildman–Crippen MR) is 79.3 cm³/mol. The maximum atomic E-state index is 11.9. The second kappa shape index (κ2) is 6.81. The number of nitrogens with one attached hydrogen (secondary N) is 1. The van der Waals surface area contributed by atoms with Gasteiger partial charge in [0.2, 0.25) is 5.91 Å². The Labute approximate surface area is 121 Å². The van der Waals surface area contributed by atoms with E-state index in [4.69, 9.17) is 0 Å². The molecule has 0 unspecified atom stereocenters. The minimum atomic E-state index is 0.0253. The molecule has 1 N–H and O–H groups in total. The maximum Gasteiger partial charge on any atom is 0.225 e. The van der Waals surface area contributed by atoms with E-state index in [-0.39, 0.29) is 11.8 Å². The molecule has 20 heavy (non-hydrogen) atoms. The molecule has 0 aliphatic carbocycles. The molecule has 0 bridgehead atoms. The monoisotopic (exact) mass is 276 g/mol. The number of nitrogens with zero attached hydrogens (tertiary/aromatic N) is 3. The summed E-state index contributed by atoms with van der Waals surface area (Å²) in [7, 11) is 3.78. The summed E-state index contributed by atoms with van der Waals surface area (Å²) in [6.45, 7) is 6.38. The van der Waals surface area contributed by atoms with Gasteiger partial charge in [-0.25, -0.2) is 0 Å². The van der Waals surface area contributed by atoms with E-state index in [2.05, 4.69) is 33.2 Å². The van der Waals surface area contributed by atoms with Crippen molar-refractivity contribution in [2.75, 3.05) is 40.3 Å². The Hall–Kier alpha value is -1.46. The van der Waals surface area contributed by atoms with Gasteiger partial charge in [-0.2, -0.15) is 0 Å². The van der Waals surface area contributed by atoms with Gasteiger partial charge < -0.3 is 10.2 Å². The van der Waals surface area contributed by atoms with E-state index in [0.717, 1.165) is 44.1 Å².